The van der Waals surface area contributed by atoms with Crippen molar-refractivity contribution >= 4 is 39.9 Å². The van der Waals surface area contributed by atoms with Crippen LogP contribution in [0.5, 0.6) is 0 Å². The molecule has 3 amide bonds. The summed E-state index contributed by atoms with van der Waals surface area (Å²) < 4.78 is 5.51. The van der Waals surface area contributed by atoms with Gasteiger partial charge < -0.3 is 19.9 Å². The molecule has 0 aromatic heterocycles. The second kappa shape index (κ2) is 9.72. The van der Waals surface area contributed by atoms with Crippen LogP contribution in [0, 0.1) is 0 Å². The molecule has 4 rings (SSSR count). The first-order valence-electron chi connectivity index (χ1n) is 12.4. The number of anilines is 1. The van der Waals surface area contributed by atoms with Crippen LogP contribution in [-0.2, 0) is 9.53 Å². The quantitative estimate of drug-likeness (QED) is 0.626. The molecule has 0 spiro atoms. The van der Waals surface area contributed by atoms with Crippen molar-refractivity contribution in [2.45, 2.75) is 65.5 Å². The van der Waals surface area contributed by atoms with Gasteiger partial charge in [-0.2, -0.15) is 0 Å². The van der Waals surface area contributed by atoms with E-state index in [1.807, 2.05) is 58.9 Å². The van der Waals surface area contributed by atoms with Crippen molar-refractivity contribution in [3.8, 4) is 0 Å². The molecule has 35 heavy (non-hydrogen) atoms. The molecule has 2 aliphatic heterocycles. The summed E-state index contributed by atoms with van der Waals surface area (Å²) >= 11 is 0. The van der Waals surface area contributed by atoms with E-state index in [-0.39, 0.29) is 23.9 Å². The second-order valence-electron chi connectivity index (χ2n) is 10.5. The van der Waals surface area contributed by atoms with Gasteiger partial charge in [0, 0.05) is 43.0 Å². The molecule has 0 bridgehead atoms. The zero-order chi connectivity index (χ0) is 25.3. The van der Waals surface area contributed by atoms with Crippen molar-refractivity contribution in [1.82, 2.24) is 10.2 Å². The summed E-state index contributed by atoms with van der Waals surface area (Å²) in [6.45, 7) is 11.1. The second-order valence-corrected chi connectivity index (χ2v) is 10.5. The number of ether oxygens (including phenoxy) is 1. The summed E-state index contributed by atoms with van der Waals surface area (Å²) in [6.07, 6.45) is 3.50. The number of amides is 3. The highest BCUT2D eigenvalue weighted by Gasteiger charge is 2.31. The maximum absolute atomic E-state index is 13.2. The van der Waals surface area contributed by atoms with E-state index in [0.29, 0.717) is 38.0 Å². The minimum atomic E-state index is -0.518. The Balaban J connectivity index is 1.53. The summed E-state index contributed by atoms with van der Waals surface area (Å²) in [5, 5.41) is 4.92. The molecule has 0 saturated heterocycles. The predicted molar refractivity (Wildman–Crippen MR) is 139 cm³/mol. The van der Waals surface area contributed by atoms with E-state index < -0.39 is 5.60 Å². The third kappa shape index (κ3) is 5.34. The standard InChI is InChI=1S/C28H35N3O4/c1-18(2)29-24(32)10-7-15-31-23-9-6-8-21-20(11-12-22(25(21)23)26(31)33)19-13-16-30(17-14-19)27(34)35-28(3,4)5/h6,8-9,11-13,18H,7,10,14-17H2,1-5H3,(H,29,32). The Morgan fingerprint density at radius 2 is 1.86 bits per heavy atom. The normalized spacial score (nSPS) is 15.6. The van der Waals surface area contributed by atoms with Gasteiger partial charge in [0.1, 0.15) is 5.60 Å². The molecule has 7 heteroatoms. The molecule has 0 aliphatic carbocycles. The van der Waals surface area contributed by atoms with Crippen molar-refractivity contribution in [3.05, 3.63) is 47.5 Å². The monoisotopic (exact) mass is 477 g/mol. The number of nitrogens with one attached hydrogen (secondary N) is 1. The van der Waals surface area contributed by atoms with Gasteiger partial charge >= 0.3 is 6.09 Å². The van der Waals surface area contributed by atoms with Gasteiger partial charge in [0.2, 0.25) is 5.91 Å². The third-order valence-electron chi connectivity index (χ3n) is 6.23. The Bertz CT molecular complexity index is 1190. The van der Waals surface area contributed by atoms with Crippen LogP contribution in [0.25, 0.3) is 16.3 Å². The molecule has 0 unspecified atom stereocenters. The average molecular weight is 478 g/mol. The molecule has 2 aliphatic rings. The minimum absolute atomic E-state index is 0.00863. The molecule has 2 aromatic rings. The molecule has 1 N–H and O–H groups in total. The molecule has 186 valence electrons. The van der Waals surface area contributed by atoms with Crippen LogP contribution in [0.15, 0.2) is 36.4 Å². The SMILES string of the molecule is CC(C)NC(=O)CCCN1C(=O)c2ccc(C3=CCN(C(=O)OC(C)(C)C)CC3)c3cccc1c23. The van der Waals surface area contributed by atoms with Gasteiger partial charge in [0.25, 0.3) is 5.91 Å². The fourth-order valence-corrected chi connectivity index (χ4v) is 4.75. The highest BCUT2D eigenvalue weighted by Crippen LogP contribution is 2.41. The minimum Gasteiger partial charge on any atom is -0.444 e. The van der Waals surface area contributed by atoms with Crippen LogP contribution in [0.2, 0.25) is 0 Å². The first kappa shape index (κ1) is 24.8. The van der Waals surface area contributed by atoms with Gasteiger partial charge in [0.15, 0.2) is 0 Å². The largest absolute Gasteiger partial charge is 0.444 e. The van der Waals surface area contributed by atoms with Gasteiger partial charge in [-0.05, 0) is 76.1 Å². The molecular weight excluding hydrogens is 442 g/mol. The van der Waals surface area contributed by atoms with Crippen molar-refractivity contribution < 1.29 is 19.1 Å². The Morgan fingerprint density at radius 3 is 2.51 bits per heavy atom. The number of nitrogens with zero attached hydrogens (tertiary/aromatic N) is 2. The smallest absolute Gasteiger partial charge is 0.410 e. The van der Waals surface area contributed by atoms with Crippen LogP contribution in [-0.4, -0.2) is 54.1 Å². The number of hydrogen-bond donors (Lipinski definition) is 1. The lowest BCUT2D eigenvalue weighted by Crippen LogP contribution is -2.39. The molecule has 2 heterocycles. The molecule has 0 atom stereocenters. The number of rotatable bonds is 6. The fourth-order valence-electron chi connectivity index (χ4n) is 4.75. The van der Waals surface area contributed by atoms with Crippen LogP contribution < -0.4 is 10.2 Å². The van der Waals surface area contributed by atoms with E-state index in [2.05, 4.69) is 17.5 Å². The first-order chi connectivity index (χ1) is 16.5. The van der Waals surface area contributed by atoms with E-state index >= 15 is 0 Å². The molecule has 7 nitrogen and oxygen atoms in total. The molecule has 0 fully saturated rings. The van der Waals surface area contributed by atoms with Crippen molar-refractivity contribution in [3.63, 3.8) is 0 Å². The summed E-state index contributed by atoms with van der Waals surface area (Å²) in [5.74, 6) is -0.00458. The lowest BCUT2D eigenvalue weighted by Gasteiger charge is -2.30. The number of carbonyl (C=O) groups is 3. The molecular formula is C28H35N3O4. The van der Waals surface area contributed by atoms with Gasteiger partial charge in [-0.3, -0.25) is 9.59 Å². The summed E-state index contributed by atoms with van der Waals surface area (Å²) in [4.78, 5) is 41.2. The maximum Gasteiger partial charge on any atom is 0.410 e. The summed E-state index contributed by atoms with van der Waals surface area (Å²) in [5.41, 5.74) is 3.36. The molecule has 0 saturated carbocycles. The van der Waals surface area contributed by atoms with Crippen LogP contribution in [0.4, 0.5) is 10.5 Å². The lowest BCUT2D eigenvalue weighted by atomic mass is 9.92. The van der Waals surface area contributed by atoms with E-state index in [9.17, 15) is 14.4 Å². The Labute approximate surface area is 207 Å². The predicted octanol–water partition coefficient (Wildman–Crippen LogP) is 5.13. The van der Waals surface area contributed by atoms with E-state index in [1.54, 1.807) is 9.80 Å². The number of carbonyl (C=O) groups excluding carboxylic acids is 3. The number of benzene rings is 2. The van der Waals surface area contributed by atoms with Crippen molar-refractivity contribution in [1.29, 1.82) is 0 Å². The van der Waals surface area contributed by atoms with Crippen molar-refractivity contribution in [2.24, 2.45) is 0 Å². The Morgan fingerprint density at radius 1 is 1.11 bits per heavy atom. The topological polar surface area (TPSA) is 79.0 Å². The fraction of sp³-hybridized carbons (Fsp3) is 0.464. The van der Waals surface area contributed by atoms with Crippen molar-refractivity contribution in [2.75, 3.05) is 24.5 Å². The zero-order valence-electron chi connectivity index (χ0n) is 21.3. The van der Waals surface area contributed by atoms with Gasteiger partial charge in [-0.15, -0.1) is 0 Å². The van der Waals surface area contributed by atoms with E-state index in [4.69, 9.17) is 4.74 Å². The highest BCUT2D eigenvalue weighted by molar-refractivity contribution is 6.26. The van der Waals surface area contributed by atoms with Crippen LogP contribution >= 0.6 is 0 Å². The Kier molecular flexibility index (Phi) is 6.88. The van der Waals surface area contributed by atoms with E-state index in [0.717, 1.165) is 28.4 Å². The first-order valence-corrected chi connectivity index (χ1v) is 12.4. The lowest BCUT2D eigenvalue weighted by molar-refractivity contribution is -0.121. The molecule has 0 radical (unpaired) electrons. The summed E-state index contributed by atoms with van der Waals surface area (Å²) in [7, 11) is 0. The summed E-state index contributed by atoms with van der Waals surface area (Å²) in [6, 6.07) is 10.1. The van der Waals surface area contributed by atoms with Gasteiger partial charge in [0.05, 0.1) is 5.69 Å². The van der Waals surface area contributed by atoms with Gasteiger partial charge in [-0.1, -0.05) is 24.3 Å². The zero-order valence-corrected chi connectivity index (χ0v) is 21.3. The molecule has 2 aromatic carbocycles. The van der Waals surface area contributed by atoms with Crippen LogP contribution in [0.3, 0.4) is 0 Å². The average Bonchev–Trinajstić information content (AvgIpc) is 3.05. The Hall–Kier alpha value is -3.35. The number of hydrogen-bond acceptors (Lipinski definition) is 4. The maximum atomic E-state index is 13.2. The van der Waals surface area contributed by atoms with E-state index in [1.165, 1.54) is 5.57 Å². The highest BCUT2D eigenvalue weighted by atomic mass is 16.6. The van der Waals surface area contributed by atoms with Gasteiger partial charge in [-0.25, -0.2) is 4.79 Å². The third-order valence-corrected chi connectivity index (χ3v) is 6.23. The van der Waals surface area contributed by atoms with Crippen LogP contribution in [0.1, 0.15) is 69.8 Å².